The molecule has 0 fully saturated rings. The monoisotopic (exact) mass is 340 g/mol. The standard InChI is InChI=1S/C15H17FN4O2.ClH/c1-17-9-10-19(2)15(22)13-7-8-14(21)20(18-13)12-5-3-11(16)4-6-12;/h3-8,17H,9-10H2,1-2H3;1H. The van der Waals surface area contributed by atoms with Crippen LogP contribution in [0.2, 0.25) is 0 Å². The summed E-state index contributed by atoms with van der Waals surface area (Å²) in [6.07, 6.45) is 0. The number of aromatic nitrogens is 2. The van der Waals surface area contributed by atoms with Crippen molar-refractivity contribution in [2.24, 2.45) is 0 Å². The van der Waals surface area contributed by atoms with E-state index in [0.717, 1.165) is 4.68 Å². The Hall–Kier alpha value is -2.25. The van der Waals surface area contributed by atoms with Gasteiger partial charge in [0.1, 0.15) is 11.5 Å². The average molecular weight is 341 g/mol. The van der Waals surface area contributed by atoms with E-state index in [4.69, 9.17) is 0 Å². The minimum absolute atomic E-state index is 0. The van der Waals surface area contributed by atoms with Gasteiger partial charge in [-0.2, -0.15) is 9.78 Å². The molecular weight excluding hydrogens is 323 g/mol. The van der Waals surface area contributed by atoms with Gasteiger partial charge in [0.15, 0.2) is 0 Å². The molecule has 0 unspecified atom stereocenters. The van der Waals surface area contributed by atoms with Crippen LogP contribution in [0.5, 0.6) is 0 Å². The Labute approximate surface area is 139 Å². The zero-order valence-corrected chi connectivity index (χ0v) is 13.6. The first kappa shape index (κ1) is 18.8. The summed E-state index contributed by atoms with van der Waals surface area (Å²) in [6, 6.07) is 8.00. The Morgan fingerprint density at radius 1 is 1.26 bits per heavy atom. The average Bonchev–Trinajstić information content (AvgIpc) is 2.53. The van der Waals surface area contributed by atoms with Crippen LogP contribution in [0.25, 0.3) is 5.69 Å². The van der Waals surface area contributed by atoms with E-state index in [0.29, 0.717) is 18.8 Å². The van der Waals surface area contributed by atoms with Gasteiger partial charge in [0.2, 0.25) is 0 Å². The fourth-order valence-corrected chi connectivity index (χ4v) is 1.87. The van der Waals surface area contributed by atoms with Crippen molar-refractivity contribution in [3.8, 4) is 5.69 Å². The molecule has 0 spiro atoms. The number of rotatable bonds is 5. The summed E-state index contributed by atoms with van der Waals surface area (Å²) in [7, 11) is 3.46. The molecule has 1 N–H and O–H groups in total. The van der Waals surface area contributed by atoms with Gasteiger partial charge in [-0.15, -0.1) is 12.4 Å². The van der Waals surface area contributed by atoms with Crippen molar-refractivity contribution in [1.82, 2.24) is 20.0 Å². The van der Waals surface area contributed by atoms with Crippen LogP contribution in [-0.4, -0.2) is 47.8 Å². The highest BCUT2D eigenvalue weighted by Crippen LogP contribution is 2.06. The lowest BCUT2D eigenvalue weighted by Crippen LogP contribution is -2.34. The molecule has 0 bridgehead atoms. The zero-order valence-electron chi connectivity index (χ0n) is 12.8. The van der Waals surface area contributed by atoms with Gasteiger partial charge in [-0.3, -0.25) is 9.59 Å². The highest BCUT2D eigenvalue weighted by Gasteiger charge is 2.14. The SMILES string of the molecule is CNCCN(C)C(=O)c1ccc(=O)n(-c2ccc(F)cc2)n1.Cl. The number of hydrogen-bond acceptors (Lipinski definition) is 4. The lowest BCUT2D eigenvalue weighted by molar-refractivity contribution is 0.0789. The third-order valence-corrected chi connectivity index (χ3v) is 3.13. The normalized spacial score (nSPS) is 10.0. The van der Waals surface area contributed by atoms with Crippen LogP contribution in [-0.2, 0) is 0 Å². The molecule has 0 saturated carbocycles. The molecule has 0 aliphatic rings. The maximum Gasteiger partial charge on any atom is 0.274 e. The predicted octanol–water partition coefficient (Wildman–Crippen LogP) is 1.08. The number of nitrogens with zero attached hydrogens (tertiary/aromatic N) is 3. The Balaban J connectivity index is 0.00000264. The van der Waals surface area contributed by atoms with Gasteiger partial charge in [0, 0.05) is 26.2 Å². The fraction of sp³-hybridized carbons (Fsp3) is 0.267. The van der Waals surface area contributed by atoms with Crippen molar-refractivity contribution >= 4 is 18.3 Å². The van der Waals surface area contributed by atoms with E-state index in [9.17, 15) is 14.0 Å². The summed E-state index contributed by atoms with van der Waals surface area (Å²) in [6.45, 7) is 1.17. The van der Waals surface area contributed by atoms with Crippen LogP contribution in [0, 0.1) is 5.82 Å². The molecule has 6 nitrogen and oxygen atoms in total. The Bertz CT molecular complexity index is 718. The topological polar surface area (TPSA) is 67.2 Å². The molecule has 0 atom stereocenters. The molecule has 2 rings (SSSR count). The van der Waals surface area contributed by atoms with Crippen LogP contribution in [0.4, 0.5) is 4.39 Å². The number of hydrogen-bond donors (Lipinski definition) is 1. The molecular formula is C15H18ClFN4O2. The third kappa shape index (κ3) is 4.61. The summed E-state index contributed by atoms with van der Waals surface area (Å²) < 4.78 is 14.0. The van der Waals surface area contributed by atoms with E-state index in [2.05, 4.69) is 10.4 Å². The Morgan fingerprint density at radius 3 is 2.52 bits per heavy atom. The highest BCUT2D eigenvalue weighted by molar-refractivity contribution is 5.91. The van der Waals surface area contributed by atoms with Gasteiger partial charge < -0.3 is 10.2 Å². The van der Waals surface area contributed by atoms with Gasteiger partial charge in [0.25, 0.3) is 11.5 Å². The summed E-state index contributed by atoms with van der Waals surface area (Å²) in [5.41, 5.74) is 0.169. The van der Waals surface area contributed by atoms with Gasteiger partial charge in [0.05, 0.1) is 5.69 Å². The first-order valence-corrected chi connectivity index (χ1v) is 6.79. The summed E-state index contributed by atoms with van der Waals surface area (Å²) in [4.78, 5) is 25.7. The number of carbonyl (C=O) groups excluding carboxylic acids is 1. The van der Waals surface area contributed by atoms with Crippen molar-refractivity contribution < 1.29 is 9.18 Å². The molecule has 1 heterocycles. The van der Waals surface area contributed by atoms with E-state index in [1.807, 2.05) is 0 Å². The summed E-state index contributed by atoms with van der Waals surface area (Å²) in [5, 5.41) is 7.02. The number of halogens is 2. The molecule has 8 heteroatoms. The number of nitrogens with one attached hydrogen (secondary N) is 1. The van der Waals surface area contributed by atoms with Gasteiger partial charge in [-0.05, 0) is 37.4 Å². The molecule has 1 amide bonds. The second-order valence-electron chi connectivity index (χ2n) is 4.78. The maximum absolute atomic E-state index is 13.0. The third-order valence-electron chi connectivity index (χ3n) is 3.13. The van der Waals surface area contributed by atoms with E-state index in [1.165, 1.54) is 41.3 Å². The molecule has 124 valence electrons. The van der Waals surface area contributed by atoms with Crippen molar-refractivity contribution in [3.05, 3.63) is 58.3 Å². The molecule has 0 radical (unpaired) electrons. The second-order valence-corrected chi connectivity index (χ2v) is 4.78. The van der Waals surface area contributed by atoms with Gasteiger partial charge in [-0.25, -0.2) is 4.39 Å². The minimum Gasteiger partial charge on any atom is -0.339 e. The minimum atomic E-state index is -0.407. The molecule has 0 aliphatic heterocycles. The molecule has 23 heavy (non-hydrogen) atoms. The first-order valence-electron chi connectivity index (χ1n) is 6.79. The number of likely N-dealkylation sites (N-methyl/N-ethyl adjacent to an activating group) is 2. The van der Waals surface area contributed by atoms with E-state index in [-0.39, 0.29) is 29.6 Å². The molecule has 1 aromatic carbocycles. The number of amides is 1. The number of carbonyl (C=O) groups is 1. The summed E-state index contributed by atoms with van der Waals surface area (Å²) in [5.74, 6) is -0.693. The Morgan fingerprint density at radius 2 is 1.91 bits per heavy atom. The van der Waals surface area contributed by atoms with Crippen LogP contribution in [0.3, 0.4) is 0 Å². The predicted molar refractivity (Wildman–Crippen MR) is 87.9 cm³/mol. The van der Waals surface area contributed by atoms with Crippen LogP contribution >= 0.6 is 12.4 Å². The molecule has 2 aromatic rings. The van der Waals surface area contributed by atoms with E-state index in [1.54, 1.807) is 14.1 Å². The second kappa shape index (κ2) is 8.40. The fourth-order valence-electron chi connectivity index (χ4n) is 1.87. The lowest BCUT2D eigenvalue weighted by Gasteiger charge is -2.16. The van der Waals surface area contributed by atoms with E-state index < -0.39 is 5.82 Å². The van der Waals surface area contributed by atoms with E-state index >= 15 is 0 Å². The quantitative estimate of drug-likeness (QED) is 0.884. The van der Waals surface area contributed by atoms with Gasteiger partial charge >= 0.3 is 0 Å². The first-order chi connectivity index (χ1) is 10.5. The lowest BCUT2D eigenvalue weighted by atomic mass is 10.3. The molecule has 1 aromatic heterocycles. The van der Waals surface area contributed by atoms with Crippen LogP contribution < -0.4 is 10.9 Å². The van der Waals surface area contributed by atoms with Crippen molar-refractivity contribution in [2.75, 3.05) is 27.2 Å². The highest BCUT2D eigenvalue weighted by atomic mass is 35.5. The zero-order chi connectivity index (χ0) is 16.1. The van der Waals surface area contributed by atoms with Crippen molar-refractivity contribution in [3.63, 3.8) is 0 Å². The Kier molecular flexibility index (Phi) is 6.87. The number of benzene rings is 1. The molecule has 0 aliphatic carbocycles. The van der Waals surface area contributed by atoms with Gasteiger partial charge in [-0.1, -0.05) is 0 Å². The molecule has 0 saturated heterocycles. The maximum atomic E-state index is 13.0. The largest absolute Gasteiger partial charge is 0.339 e. The van der Waals surface area contributed by atoms with Crippen molar-refractivity contribution in [2.45, 2.75) is 0 Å². The van der Waals surface area contributed by atoms with Crippen LogP contribution in [0.1, 0.15) is 10.5 Å². The van der Waals surface area contributed by atoms with Crippen molar-refractivity contribution in [1.29, 1.82) is 0 Å². The summed E-state index contributed by atoms with van der Waals surface area (Å²) >= 11 is 0. The smallest absolute Gasteiger partial charge is 0.274 e. The van der Waals surface area contributed by atoms with Crippen LogP contribution in [0.15, 0.2) is 41.2 Å².